The van der Waals surface area contributed by atoms with Crippen LogP contribution < -0.4 is 47.8 Å². The van der Waals surface area contributed by atoms with E-state index in [-0.39, 0.29) is 79.1 Å². The number of benzene rings is 10. The predicted molar refractivity (Wildman–Crippen MR) is 398 cm³/mol. The van der Waals surface area contributed by atoms with Gasteiger partial charge < -0.3 is 56.7 Å². The molecule has 7 aromatic heterocycles. The molecule has 1 aliphatic rings. The number of aryl methyl sites for hydroxylation is 1. The fraction of sp³-hybridized carbons (Fsp3) is 0.143. The number of rotatable bonds is 8. The van der Waals surface area contributed by atoms with Gasteiger partial charge in [-0.2, -0.15) is 23.4 Å². The number of nitrogens with zero attached hydrogens (tertiary/aromatic N) is 8. The molecule has 0 amide bonds. The van der Waals surface area contributed by atoms with Crippen LogP contribution in [-0.4, -0.2) is 39.1 Å². The Balaban J connectivity index is 0.000000179. The second-order valence-electron chi connectivity index (χ2n) is 26.4. The van der Waals surface area contributed by atoms with Gasteiger partial charge in [-0.15, -0.1) is 41.4 Å². The van der Waals surface area contributed by atoms with Gasteiger partial charge in [-0.1, -0.05) is 141 Å². The third-order valence-electron chi connectivity index (χ3n) is 18.3. The molecule has 99 heavy (non-hydrogen) atoms. The maximum atomic E-state index is 6.60. The van der Waals surface area contributed by atoms with E-state index in [9.17, 15) is 0 Å². The van der Waals surface area contributed by atoms with Crippen molar-refractivity contribution in [1.29, 1.82) is 0 Å². The first-order chi connectivity index (χ1) is 45.7. The van der Waals surface area contributed by atoms with Crippen molar-refractivity contribution in [1.82, 2.24) is 23.7 Å². The Kier molecular flexibility index (Phi) is 18.5. The summed E-state index contributed by atoms with van der Waals surface area (Å²) in [6.07, 6.45) is 5.92. The molecule has 0 fully saturated rings. The van der Waals surface area contributed by atoms with E-state index in [1.165, 1.54) is 16.5 Å². The van der Waals surface area contributed by atoms with Gasteiger partial charge in [-0.3, -0.25) is 4.57 Å². The van der Waals surface area contributed by atoms with Crippen molar-refractivity contribution in [3.8, 4) is 40.3 Å². The fourth-order valence-electron chi connectivity index (χ4n) is 13.6. The number of hydrogen-bond donors (Lipinski definition) is 0. The van der Waals surface area contributed by atoms with Crippen molar-refractivity contribution in [2.24, 2.45) is 7.05 Å². The van der Waals surface area contributed by atoms with Crippen molar-refractivity contribution in [2.45, 2.75) is 67.2 Å². The van der Waals surface area contributed by atoms with E-state index in [1.54, 1.807) is 0 Å². The molecule has 0 spiro atoms. The molecule has 15 heteroatoms. The summed E-state index contributed by atoms with van der Waals surface area (Å²) < 4.78 is 34.3. The summed E-state index contributed by atoms with van der Waals surface area (Å²) >= 11 is 0. The zero-order valence-electron chi connectivity index (χ0n) is 54.6. The first-order valence-corrected chi connectivity index (χ1v) is 31.7. The van der Waals surface area contributed by atoms with Crippen LogP contribution in [0.1, 0.15) is 67.5 Å². The molecule has 17 aromatic rings. The molecule has 3 radical (unpaired) electrons. The van der Waals surface area contributed by atoms with Crippen molar-refractivity contribution >= 4 is 124 Å². The zero-order valence-corrected chi connectivity index (χ0v) is 59.0. The van der Waals surface area contributed by atoms with Crippen LogP contribution in [-0.2, 0) is 38.9 Å². The number of furan rings is 2. The molecule has 12 nitrogen and oxygen atoms in total. The Labute approximate surface area is 609 Å². The number of imidazole rings is 1. The van der Waals surface area contributed by atoms with Gasteiger partial charge in [0.25, 0.3) is 0 Å². The average Bonchev–Trinajstić information content (AvgIpc) is 1.61. The topological polar surface area (TPSA) is 95.7 Å². The van der Waals surface area contributed by atoms with Gasteiger partial charge in [0.1, 0.15) is 51.2 Å². The largest absolute Gasteiger partial charge is 1.00 e. The van der Waals surface area contributed by atoms with Crippen LogP contribution in [0.15, 0.2) is 246 Å². The maximum Gasteiger partial charge on any atom is 0.249 e. The Morgan fingerprint density at radius 3 is 1.74 bits per heavy atom. The van der Waals surface area contributed by atoms with Gasteiger partial charge in [0.15, 0.2) is 11.0 Å². The summed E-state index contributed by atoms with van der Waals surface area (Å²) in [5.41, 5.74) is 16.4. The number of hydrogen-bond acceptors (Lipinski definition) is 8. The van der Waals surface area contributed by atoms with Crippen LogP contribution >= 0.6 is 0 Å². The summed E-state index contributed by atoms with van der Waals surface area (Å²) in [6, 6.07) is 82.0. The second kappa shape index (κ2) is 26.6. The Hall–Kier alpha value is -10.1. The standard InChI is InChI=1S/C41H33N4O2.C41H31N4O2.2CH4.B.HI.Pt/c2*1-41(2,3)26-20-21-42-38(22-26)45-33-14-7-5-12-30(33)31-17-16-29(24-35(31)45)46-28-11-9-10-27(23-28)44-25-43(4)34-18-19-37-39(40(34)44)32-13-6-8-15-36(32)47-37;;;;;/h5-25H,1-4H3;5-22,25H,1-4H3;2*1H4;;1H;/q+1;-3;;;;;/p-1. The molecule has 1 aliphatic heterocycles. The summed E-state index contributed by atoms with van der Waals surface area (Å²) in [6.45, 7) is 15.4. The van der Waals surface area contributed by atoms with Crippen LogP contribution in [0.3, 0.4) is 0 Å². The molecule has 0 bridgehead atoms. The molecule has 8 heterocycles. The van der Waals surface area contributed by atoms with Gasteiger partial charge in [0.05, 0.1) is 28.9 Å². The molecule has 0 saturated heterocycles. The van der Waals surface area contributed by atoms with Gasteiger partial charge in [0, 0.05) is 104 Å². The van der Waals surface area contributed by atoms with Gasteiger partial charge in [-0.05, 0) is 131 Å². The van der Waals surface area contributed by atoms with Crippen LogP contribution in [0.2, 0.25) is 0 Å². The molecular weight excluding hydrogens is 1520 g/mol. The summed E-state index contributed by atoms with van der Waals surface area (Å²) in [5, 5.41) is 8.95. The van der Waals surface area contributed by atoms with Crippen molar-refractivity contribution in [3.05, 3.63) is 267 Å². The van der Waals surface area contributed by atoms with Crippen molar-refractivity contribution in [3.63, 3.8) is 0 Å². The number of fused-ring (bicyclic) bond motifs is 16. The summed E-state index contributed by atoms with van der Waals surface area (Å²) in [7, 11) is 4.14. The number of halogens is 1. The van der Waals surface area contributed by atoms with Crippen molar-refractivity contribution < 1.29 is 67.9 Å². The van der Waals surface area contributed by atoms with Crippen LogP contribution in [0.5, 0.6) is 23.0 Å². The molecule has 18 rings (SSSR count). The minimum atomic E-state index is -0.00609. The average molecular weight is 1590 g/mol. The molecule has 0 unspecified atom stereocenters. The second-order valence-corrected chi connectivity index (χ2v) is 26.4. The number of aromatic nitrogens is 6. The quantitative estimate of drug-likeness (QED) is 0.0643. The first-order valence-electron chi connectivity index (χ1n) is 31.7. The van der Waals surface area contributed by atoms with E-state index in [0.29, 0.717) is 11.5 Å². The molecule has 0 N–H and O–H groups in total. The fourth-order valence-corrected chi connectivity index (χ4v) is 13.6. The number of pyridine rings is 2. The van der Waals surface area contributed by atoms with Crippen LogP contribution in [0.25, 0.3) is 116 Å². The van der Waals surface area contributed by atoms with E-state index < -0.39 is 0 Å². The van der Waals surface area contributed by atoms with Crippen molar-refractivity contribution in [2.75, 3.05) is 16.8 Å². The minimum absolute atomic E-state index is 0. The van der Waals surface area contributed by atoms with E-state index in [1.807, 2.05) is 85.2 Å². The van der Waals surface area contributed by atoms with Gasteiger partial charge >= 0.3 is 0 Å². The zero-order chi connectivity index (χ0) is 63.7. The Bertz CT molecular complexity index is 5910. The SMILES string of the molecule is C.C.CN1[CH-]N(c2[c-]c(Oc3[c-]c4c(cc3)c3ccccc3n4-c3cc(C(C)(C)C)ccn3)ccc2)c2c1ccc1oc3ccccc3c21.C[n+]1cn(-c2cccc(Oc3ccc4c5ccccc5n(-c5cc(C(C)(C)C)ccn5)c4c3)c2)c2c3c(ccc21)oc1ccccc13.[B].[I-].[Pt]. The third-order valence-corrected chi connectivity index (χ3v) is 18.3. The molecule has 10 aromatic carbocycles. The predicted octanol–water partition coefficient (Wildman–Crippen LogP) is 18.3. The van der Waals surface area contributed by atoms with Gasteiger partial charge in [-0.25, -0.2) is 14.5 Å². The monoisotopic (exact) mass is 1590 g/mol. The normalized spacial score (nSPS) is 12.2. The van der Waals surface area contributed by atoms with E-state index >= 15 is 0 Å². The van der Waals surface area contributed by atoms with E-state index in [0.717, 1.165) is 139 Å². The van der Waals surface area contributed by atoms with Gasteiger partial charge in [0.2, 0.25) is 6.33 Å². The first kappa shape index (κ1) is 68.8. The summed E-state index contributed by atoms with van der Waals surface area (Å²) in [5.74, 6) is 4.47. The maximum absolute atomic E-state index is 6.60. The molecule has 0 saturated carbocycles. The Morgan fingerprint density at radius 1 is 0.495 bits per heavy atom. The summed E-state index contributed by atoms with van der Waals surface area (Å²) in [4.78, 5) is 13.9. The number of ether oxygens (including phenoxy) is 2. The molecule has 0 atom stereocenters. The van der Waals surface area contributed by atoms with E-state index in [2.05, 4.69) is 254 Å². The molecule has 495 valence electrons. The van der Waals surface area contributed by atoms with E-state index in [4.69, 9.17) is 28.3 Å². The van der Waals surface area contributed by atoms with Crippen LogP contribution in [0, 0.1) is 18.8 Å². The third kappa shape index (κ3) is 11.8. The minimum Gasteiger partial charge on any atom is -1.00 e. The molecule has 0 aliphatic carbocycles. The number of para-hydroxylation sites is 4. The van der Waals surface area contributed by atoms with Crippen LogP contribution in [0.4, 0.5) is 17.1 Å². The molecular formula is C84H72BIN8O4Pt-3. The number of anilines is 3. The smallest absolute Gasteiger partial charge is 0.249 e. The Morgan fingerprint density at radius 2 is 1.05 bits per heavy atom.